The molecule has 1 aliphatic rings. The number of methoxy groups -OCH3 is 1. The van der Waals surface area contributed by atoms with E-state index in [2.05, 4.69) is 27.5 Å². The van der Waals surface area contributed by atoms with Gasteiger partial charge in [0.25, 0.3) is 0 Å². The number of guanidine groups is 1. The van der Waals surface area contributed by atoms with Crippen molar-refractivity contribution in [1.29, 1.82) is 0 Å². The van der Waals surface area contributed by atoms with Crippen molar-refractivity contribution in [2.24, 2.45) is 10.9 Å². The summed E-state index contributed by atoms with van der Waals surface area (Å²) in [5, 5.41) is 6.73. The highest BCUT2D eigenvalue weighted by Gasteiger charge is 2.13. The van der Waals surface area contributed by atoms with E-state index in [0.29, 0.717) is 12.4 Å². The number of rotatable bonds is 8. The lowest BCUT2D eigenvalue weighted by Gasteiger charge is -2.13. The third-order valence-corrected chi connectivity index (χ3v) is 4.33. The van der Waals surface area contributed by atoms with E-state index in [0.717, 1.165) is 30.5 Å². The van der Waals surface area contributed by atoms with Gasteiger partial charge in [-0.15, -0.1) is 24.0 Å². The zero-order chi connectivity index (χ0) is 16.3. The highest BCUT2D eigenvalue weighted by molar-refractivity contribution is 14.0. The maximum Gasteiger partial charge on any atom is 0.212 e. The molecule has 136 valence electrons. The average Bonchev–Trinajstić information content (AvgIpc) is 3.10. The van der Waals surface area contributed by atoms with Gasteiger partial charge in [-0.25, -0.2) is 9.98 Å². The number of hydrogen-bond donors (Lipinski definition) is 2. The first kappa shape index (κ1) is 21.0. The maximum absolute atomic E-state index is 5.07. The summed E-state index contributed by atoms with van der Waals surface area (Å²) in [6.45, 7) is 4.57. The molecule has 0 spiro atoms. The number of halogens is 1. The monoisotopic (exact) mass is 446 g/mol. The number of aliphatic imine (C=N–C) groups is 1. The van der Waals surface area contributed by atoms with Crippen LogP contribution in [0.3, 0.4) is 0 Å². The smallest absolute Gasteiger partial charge is 0.212 e. The van der Waals surface area contributed by atoms with Crippen molar-refractivity contribution < 1.29 is 4.74 Å². The fourth-order valence-corrected chi connectivity index (χ4v) is 3.03. The van der Waals surface area contributed by atoms with Gasteiger partial charge >= 0.3 is 0 Å². The van der Waals surface area contributed by atoms with Crippen LogP contribution in [-0.2, 0) is 6.54 Å². The summed E-state index contributed by atoms with van der Waals surface area (Å²) in [7, 11) is 1.62. The summed E-state index contributed by atoms with van der Waals surface area (Å²) in [6, 6.07) is 3.87. The molecule has 1 aromatic heterocycles. The third kappa shape index (κ3) is 7.68. The molecule has 1 aromatic rings. The number of aromatic nitrogens is 1. The zero-order valence-electron chi connectivity index (χ0n) is 14.9. The molecule has 5 nitrogen and oxygen atoms in total. The minimum Gasteiger partial charge on any atom is -0.481 e. The van der Waals surface area contributed by atoms with E-state index in [-0.39, 0.29) is 24.0 Å². The van der Waals surface area contributed by atoms with Crippen LogP contribution < -0.4 is 15.4 Å². The normalized spacial score (nSPS) is 15.0. The van der Waals surface area contributed by atoms with E-state index in [1.165, 1.54) is 38.5 Å². The number of nitrogens with zero attached hydrogens (tertiary/aromatic N) is 2. The van der Waals surface area contributed by atoms with Crippen molar-refractivity contribution in [2.75, 3.05) is 20.2 Å². The Morgan fingerprint density at radius 3 is 2.71 bits per heavy atom. The number of hydrogen-bond acceptors (Lipinski definition) is 3. The molecule has 0 unspecified atom stereocenters. The van der Waals surface area contributed by atoms with E-state index in [9.17, 15) is 0 Å². The molecule has 0 aromatic carbocycles. The summed E-state index contributed by atoms with van der Waals surface area (Å²) in [4.78, 5) is 8.83. The van der Waals surface area contributed by atoms with Gasteiger partial charge in [0.1, 0.15) is 0 Å². The predicted octanol–water partition coefficient (Wildman–Crippen LogP) is 3.73. The minimum absolute atomic E-state index is 0. The van der Waals surface area contributed by atoms with Crippen molar-refractivity contribution in [3.63, 3.8) is 0 Å². The summed E-state index contributed by atoms with van der Waals surface area (Å²) >= 11 is 0. The van der Waals surface area contributed by atoms with Gasteiger partial charge in [0, 0.05) is 25.4 Å². The van der Waals surface area contributed by atoms with Gasteiger partial charge in [-0.05, 0) is 31.2 Å². The molecular weight excluding hydrogens is 415 g/mol. The summed E-state index contributed by atoms with van der Waals surface area (Å²) < 4.78 is 5.07. The topological polar surface area (TPSA) is 58.5 Å². The fraction of sp³-hybridized carbons (Fsp3) is 0.667. The first-order chi connectivity index (χ1) is 11.3. The van der Waals surface area contributed by atoms with E-state index in [1.54, 1.807) is 7.11 Å². The van der Waals surface area contributed by atoms with Crippen molar-refractivity contribution in [3.05, 3.63) is 23.9 Å². The van der Waals surface area contributed by atoms with Gasteiger partial charge in [0.05, 0.1) is 13.7 Å². The van der Waals surface area contributed by atoms with Gasteiger partial charge in [0.2, 0.25) is 5.88 Å². The van der Waals surface area contributed by atoms with Crippen LogP contribution in [0.15, 0.2) is 23.3 Å². The molecule has 1 aliphatic carbocycles. The largest absolute Gasteiger partial charge is 0.481 e. The Bertz CT molecular complexity index is 472. The van der Waals surface area contributed by atoms with Crippen molar-refractivity contribution in [1.82, 2.24) is 15.6 Å². The van der Waals surface area contributed by atoms with Crippen LogP contribution in [0.1, 0.15) is 51.0 Å². The van der Waals surface area contributed by atoms with Crippen LogP contribution >= 0.6 is 24.0 Å². The molecule has 1 saturated carbocycles. The Hall–Kier alpha value is -1.05. The first-order valence-electron chi connectivity index (χ1n) is 8.83. The lowest BCUT2D eigenvalue weighted by molar-refractivity contribution is 0.397. The SMILES string of the molecule is CCNC(=NCc1ccc(OC)nc1)NCCCC1CCCC1.I. The van der Waals surface area contributed by atoms with Crippen LogP contribution in [0.2, 0.25) is 0 Å². The Morgan fingerprint density at radius 1 is 1.29 bits per heavy atom. The van der Waals surface area contributed by atoms with Gasteiger partial charge < -0.3 is 15.4 Å². The van der Waals surface area contributed by atoms with Crippen molar-refractivity contribution in [2.45, 2.75) is 52.0 Å². The predicted molar refractivity (Wildman–Crippen MR) is 110 cm³/mol. The van der Waals surface area contributed by atoms with Crippen LogP contribution in [0.5, 0.6) is 5.88 Å². The molecule has 2 rings (SSSR count). The van der Waals surface area contributed by atoms with E-state index >= 15 is 0 Å². The summed E-state index contributed by atoms with van der Waals surface area (Å²) in [5.41, 5.74) is 1.08. The second-order valence-electron chi connectivity index (χ2n) is 6.12. The second-order valence-corrected chi connectivity index (χ2v) is 6.12. The van der Waals surface area contributed by atoms with Crippen LogP contribution in [0.4, 0.5) is 0 Å². The Balaban J connectivity index is 0.00000288. The molecular formula is C18H31IN4O. The zero-order valence-corrected chi connectivity index (χ0v) is 17.2. The molecule has 2 N–H and O–H groups in total. The molecule has 6 heteroatoms. The molecule has 0 radical (unpaired) electrons. The molecule has 1 heterocycles. The minimum atomic E-state index is 0. The molecule has 0 atom stereocenters. The van der Waals surface area contributed by atoms with Crippen LogP contribution in [-0.4, -0.2) is 31.1 Å². The van der Waals surface area contributed by atoms with Gasteiger partial charge in [-0.2, -0.15) is 0 Å². The standard InChI is InChI=1S/C18H30N4O.HI/c1-3-19-18(20-12-6-9-15-7-4-5-8-15)22-14-16-10-11-17(23-2)21-13-16;/h10-11,13,15H,3-9,12,14H2,1-2H3,(H2,19,20,22);1H. The third-order valence-electron chi connectivity index (χ3n) is 4.33. The Labute approximate surface area is 163 Å². The van der Waals surface area contributed by atoms with Crippen LogP contribution in [0.25, 0.3) is 0 Å². The highest BCUT2D eigenvalue weighted by atomic mass is 127. The number of nitrogens with one attached hydrogen (secondary N) is 2. The Morgan fingerprint density at radius 2 is 2.08 bits per heavy atom. The van der Waals surface area contributed by atoms with E-state index in [1.807, 2.05) is 18.3 Å². The van der Waals surface area contributed by atoms with E-state index in [4.69, 9.17) is 4.74 Å². The molecule has 24 heavy (non-hydrogen) atoms. The molecule has 1 fully saturated rings. The van der Waals surface area contributed by atoms with Gasteiger partial charge in [-0.1, -0.05) is 31.7 Å². The lowest BCUT2D eigenvalue weighted by atomic mass is 10.0. The molecule has 0 amide bonds. The van der Waals surface area contributed by atoms with Crippen molar-refractivity contribution >= 4 is 29.9 Å². The van der Waals surface area contributed by atoms with E-state index < -0.39 is 0 Å². The van der Waals surface area contributed by atoms with Gasteiger partial charge in [-0.3, -0.25) is 0 Å². The average molecular weight is 446 g/mol. The number of pyridine rings is 1. The first-order valence-corrected chi connectivity index (χ1v) is 8.83. The molecule has 0 bridgehead atoms. The summed E-state index contributed by atoms with van der Waals surface area (Å²) in [6.07, 6.45) is 10.1. The molecule has 0 saturated heterocycles. The summed E-state index contributed by atoms with van der Waals surface area (Å²) in [5.74, 6) is 2.48. The quantitative estimate of drug-likeness (QED) is 0.277. The maximum atomic E-state index is 5.07. The van der Waals surface area contributed by atoms with Crippen LogP contribution in [0, 0.1) is 5.92 Å². The van der Waals surface area contributed by atoms with Crippen molar-refractivity contribution in [3.8, 4) is 5.88 Å². The highest BCUT2D eigenvalue weighted by Crippen LogP contribution is 2.28. The molecule has 0 aliphatic heterocycles. The lowest BCUT2D eigenvalue weighted by Crippen LogP contribution is -2.37. The Kier molecular flexibility index (Phi) is 10.8. The number of ether oxygens (including phenoxy) is 1. The fourth-order valence-electron chi connectivity index (χ4n) is 3.03. The second kappa shape index (κ2) is 12.3. The van der Waals surface area contributed by atoms with Gasteiger partial charge in [0.15, 0.2) is 5.96 Å².